The second kappa shape index (κ2) is 9.37. The van der Waals surface area contributed by atoms with Crippen LogP contribution in [0, 0.1) is 45.3 Å². The van der Waals surface area contributed by atoms with Crippen LogP contribution in [-0.4, -0.2) is 39.8 Å². The number of rotatable bonds is 5. The number of aliphatic hydroxyl groups excluding tert-OH is 1. The molecule has 0 aromatic carbocycles. The van der Waals surface area contributed by atoms with Crippen LogP contribution in [0.25, 0.3) is 0 Å². The zero-order valence-electron chi connectivity index (χ0n) is 21.1. The molecule has 35 heavy (non-hydrogen) atoms. The summed E-state index contributed by atoms with van der Waals surface area (Å²) in [5, 5.41) is 21.4. The van der Waals surface area contributed by atoms with Crippen LogP contribution in [0.15, 0.2) is 36.0 Å². The van der Waals surface area contributed by atoms with Gasteiger partial charge in [0.05, 0.1) is 17.4 Å². The Morgan fingerprint density at radius 1 is 1.40 bits per heavy atom. The van der Waals surface area contributed by atoms with Crippen molar-refractivity contribution in [1.82, 2.24) is 4.98 Å². The van der Waals surface area contributed by atoms with Crippen molar-refractivity contribution in [3.05, 3.63) is 36.5 Å². The highest BCUT2D eigenvalue weighted by molar-refractivity contribution is 7.99. The molecule has 1 N–H and O–H groups in total. The van der Waals surface area contributed by atoms with E-state index in [0.717, 1.165) is 19.3 Å². The maximum Gasteiger partial charge on any atom is 0.316 e. The fourth-order valence-electron chi connectivity index (χ4n) is 7.41. The predicted molar refractivity (Wildman–Crippen MR) is 134 cm³/mol. The predicted octanol–water partition coefficient (Wildman–Crippen LogP) is 4.95. The molecule has 2 bridgehead atoms. The Balaban J connectivity index is 1.69. The normalized spacial score (nSPS) is 40.7. The number of pyridine rings is 1. The minimum atomic E-state index is -0.686. The van der Waals surface area contributed by atoms with E-state index in [-0.39, 0.29) is 34.7 Å². The molecule has 3 fully saturated rings. The maximum absolute atomic E-state index is 13.4. The number of hydrogen-bond acceptors (Lipinski definition) is 7. The molecule has 4 rings (SSSR count). The van der Waals surface area contributed by atoms with Crippen molar-refractivity contribution in [2.75, 3.05) is 5.75 Å². The van der Waals surface area contributed by atoms with Gasteiger partial charge in [-0.3, -0.25) is 9.59 Å². The number of hydrogen-bond donors (Lipinski definition) is 1. The van der Waals surface area contributed by atoms with Crippen molar-refractivity contribution in [1.29, 1.82) is 5.26 Å². The summed E-state index contributed by atoms with van der Waals surface area (Å²) in [6, 6.07) is 5.46. The molecule has 0 amide bonds. The third-order valence-electron chi connectivity index (χ3n) is 9.79. The summed E-state index contributed by atoms with van der Waals surface area (Å²) < 4.78 is 6.23. The van der Waals surface area contributed by atoms with E-state index in [4.69, 9.17) is 4.74 Å². The van der Waals surface area contributed by atoms with Crippen LogP contribution in [0.5, 0.6) is 0 Å². The number of nitrogens with zero attached hydrogens (tertiary/aromatic N) is 2. The van der Waals surface area contributed by atoms with Gasteiger partial charge in [-0.15, -0.1) is 6.58 Å². The summed E-state index contributed by atoms with van der Waals surface area (Å²) in [6.45, 7) is 12.4. The van der Waals surface area contributed by atoms with E-state index in [0.29, 0.717) is 23.4 Å². The molecule has 6 nitrogen and oxygen atoms in total. The van der Waals surface area contributed by atoms with Crippen molar-refractivity contribution in [2.24, 2.45) is 34.0 Å². The second-order valence-corrected chi connectivity index (χ2v) is 12.3. The zero-order valence-corrected chi connectivity index (χ0v) is 21.9. The monoisotopic (exact) mass is 496 g/mol. The van der Waals surface area contributed by atoms with E-state index in [9.17, 15) is 20.0 Å². The van der Waals surface area contributed by atoms with Gasteiger partial charge in [-0.25, -0.2) is 4.98 Å². The first-order valence-electron chi connectivity index (χ1n) is 12.5. The number of thioether (sulfide) groups is 1. The Kier molecular flexibility index (Phi) is 6.93. The van der Waals surface area contributed by atoms with Crippen molar-refractivity contribution in [3.8, 4) is 6.07 Å². The number of aliphatic hydroxyl groups is 1. The smallest absolute Gasteiger partial charge is 0.316 e. The van der Waals surface area contributed by atoms with Crippen LogP contribution in [0.4, 0.5) is 0 Å². The first kappa shape index (κ1) is 25.9. The Morgan fingerprint density at radius 3 is 2.83 bits per heavy atom. The summed E-state index contributed by atoms with van der Waals surface area (Å²) in [5.41, 5.74) is -1.07. The van der Waals surface area contributed by atoms with E-state index >= 15 is 0 Å². The molecule has 0 spiro atoms. The Hall–Kier alpha value is -2.17. The highest BCUT2D eigenvalue weighted by Crippen LogP contribution is 2.68. The number of aromatic nitrogens is 1. The SMILES string of the molecule is C=C[C@]1(C)C[C@@H](OC(=O)CSc2ncccc2C#N)[C@]2(C)[C@H](C)CC[C@]3(CCC(=O)[C@H]32)[C@@H](C)[C@@H]1O. The van der Waals surface area contributed by atoms with Crippen molar-refractivity contribution < 1.29 is 19.4 Å². The lowest BCUT2D eigenvalue weighted by Crippen LogP contribution is -2.63. The van der Waals surface area contributed by atoms with Gasteiger partial charge >= 0.3 is 5.97 Å². The van der Waals surface area contributed by atoms with E-state index < -0.39 is 29.0 Å². The number of ketones is 1. The molecule has 0 unspecified atom stereocenters. The first-order chi connectivity index (χ1) is 16.5. The lowest BCUT2D eigenvalue weighted by molar-refractivity contribution is -0.205. The zero-order chi connectivity index (χ0) is 25.6. The van der Waals surface area contributed by atoms with Gasteiger partial charge in [-0.2, -0.15) is 5.26 Å². The Morgan fingerprint density at radius 2 is 2.14 bits per heavy atom. The number of carbonyl (C=O) groups is 2. The first-order valence-corrected chi connectivity index (χ1v) is 13.5. The van der Waals surface area contributed by atoms with Gasteiger partial charge in [-0.1, -0.05) is 45.5 Å². The van der Waals surface area contributed by atoms with E-state index in [1.807, 2.05) is 6.92 Å². The van der Waals surface area contributed by atoms with Crippen LogP contribution in [0.1, 0.15) is 65.4 Å². The van der Waals surface area contributed by atoms with Gasteiger partial charge in [0.1, 0.15) is 23.0 Å². The fourth-order valence-corrected chi connectivity index (χ4v) is 8.14. The molecule has 3 aliphatic rings. The van der Waals surface area contributed by atoms with Crippen LogP contribution in [0.2, 0.25) is 0 Å². The minimum Gasteiger partial charge on any atom is -0.461 e. The second-order valence-electron chi connectivity index (χ2n) is 11.3. The lowest BCUT2D eigenvalue weighted by Gasteiger charge is -2.61. The number of ether oxygens (including phenoxy) is 1. The Labute approximate surface area is 212 Å². The molecule has 3 aliphatic carbocycles. The molecular weight excluding hydrogens is 460 g/mol. The molecule has 1 heterocycles. The summed E-state index contributed by atoms with van der Waals surface area (Å²) in [7, 11) is 0. The molecule has 3 saturated carbocycles. The van der Waals surface area contributed by atoms with Crippen LogP contribution < -0.4 is 0 Å². The number of carbonyl (C=O) groups excluding carboxylic acids is 2. The standard InChI is InChI=1S/C28H36N2O4S/c1-6-26(4)14-21(34-22(32)16-35-25-19(15-29)8-7-13-30-25)27(5)17(2)9-11-28(18(3)24(26)33)12-10-20(31)23(27)28/h6-8,13,17-18,21,23-24,33H,1,9-12,14,16H2,2-5H3/t17-,18+,21-,23+,24+,26-,27+,28+/m1/s1. The van der Waals surface area contributed by atoms with Crippen LogP contribution in [0.3, 0.4) is 0 Å². The highest BCUT2D eigenvalue weighted by Gasteiger charge is 2.68. The van der Waals surface area contributed by atoms with Crippen molar-refractivity contribution >= 4 is 23.5 Å². The lowest BCUT2D eigenvalue weighted by atomic mass is 9.44. The summed E-state index contributed by atoms with van der Waals surface area (Å²) >= 11 is 1.18. The van der Waals surface area contributed by atoms with E-state index in [1.165, 1.54) is 11.8 Å². The number of nitriles is 1. The Bertz CT molecular complexity index is 1070. The van der Waals surface area contributed by atoms with Crippen LogP contribution >= 0.6 is 11.8 Å². The van der Waals surface area contributed by atoms with Gasteiger partial charge in [0.25, 0.3) is 0 Å². The van der Waals surface area contributed by atoms with Crippen molar-refractivity contribution in [3.63, 3.8) is 0 Å². The summed E-state index contributed by atoms with van der Waals surface area (Å²) in [6.07, 6.45) is 5.70. The maximum atomic E-state index is 13.4. The topological polar surface area (TPSA) is 100 Å². The largest absolute Gasteiger partial charge is 0.461 e. The van der Waals surface area contributed by atoms with Gasteiger partial charge < -0.3 is 9.84 Å². The summed E-state index contributed by atoms with van der Waals surface area (Å²) in [4.78, 5) is 30.8. The molecule has 7 heteroatoms. The minimum absolute atomic E-state index is 0.0141. The van der Waals surface area contributed by atoms with E-state index in [2.05, 4.69) is 38.4 Å². The quantitative estimate of drug-likeness (QED) is 0.350. The van der Waals surface area contributed by atoms with Gasteiger partial charge in [0, 0.05) is 29.4 Å². The van der Waals surface area contributed by atoms with Gasteiger partial charge in [0.15, 0.2) is 0 Å². The average Bonchev–Trinajstić information content (AvgIpc) is 3.21. The fraction of sp³-hybridized carbons (Fsp3) is 0.643. The summed E-state index contributed by atoms with van der Waals surface area (Å²) in [5.74, 6) is -0.272. The molecule has 0 aliphatic heterocycles. The average molecular weight is 497 g/mol. The van der Waals surface area contributed by atoms with Gasteiger partial charge in [0.2, 0.25) is 0 Å². The molecule has 1 aromatic rings. The molecule has 0 radical (unpaired) electrons. The highest BCUT2D eigenvalue weighted by atomic mass is 32.2. The molecule has 0 saturated heterocycles. The third-order valence-corrected chi connectivity index (χ3v) is 10.8. The molecular formula is C28H36N2O4S. The number of Topliss-reactive ketones (excluding diaryl/α,β-unsaturated/α-hetero) is 1. The van der Waals surface area contributed by atoms with Crippen molar-refractivity contribution in [2.45, 2.75) is 77.0 Å². The molecule has 188 valence electrons. The molecule has 8 atom stereocenters. The molecule has 1 aromatic heterocycles. The van der Waals surface area contributed by atoms with Gasteiger partial charge in [-0.05, 0) is 55.1 Å². The number of esters is 1. The van der Waals surface area contributed by atoms with E-state index in [1.54, 1.807) is 24.4 Å². The van der Waals surface area contributed by atoms with Crippen LogP contribution in [-0.2, 0) is 14.3 Å². The third kappa shape index (κ3) is 4.03.